The Bertz CT molecular complexity index is 1210. The van der Waals surface area contributed by atoms with Crippen molar-refractivity contribution in [3.63, 3.8) is 0 Å². The quantitative estimate of drug-likeness (QED) is 0.499. The van der Waals surface area contributed by atoms with Crippen LogP contribution in [0.4, 0.5) is 10.1 Å². The first-order valence-electron chi connectivity index (χ1n) is 11.1. The number of rotatable bonds is 7. The van der Waals surface area contributed by atoms with E-state index in [9.17, 15) is 18.8 Å². The zero-order valence-electron chi connectivity index (χ0n) is 18.8. The summed E-state index contributed by atoms with van der Waals surface area (Å²) >= 11 is 0. The number of amides is 3. The Morgan fingerprint density at radius 2 is 1.79 bits per heavy atom. The van der Waals surface area contributed by atoms with Crippen LogP contribution in [0.15, 0.2) is 72.8 Å². The second kappa shape index (κ2) is 9.87. The summed E-state index contributed by atoms with van der Waals surface area (Å²) in [4.78, 5) is 36.9. The summed E-state index contributed by atoms with van der Waals surface area (Å²) in [6, 6.07) is 20.0. The van der Waals surface area contributed by atoms with Crippen molar-refractivity contribution in [2.45, 2.75) is 38.2 Å². The zero-order chi connectivity index (χ0) is 24.1. The van der Waals surface area contributed by atoms with E-state index < -0.39 is 5.41 Å². The summed E-state index contributed by atoms with van der Waals surface area (Å²) in [6.07, 6.45) is 1.34. The van der Waals surface area contributed by atoms with Crippen LogP contribution >= 0.6 is 0 Å². The van der Waals surface area contributed by atoms with E-state index in [2.05, 4.69) is 10.6 Å². The van der Waals surface area contributed by atoms with Crippen molar-refractivity contribution >= 4 is 23.4 Å². The number of hydrogen-bond acceptors (Lipinski definition) is 4. The van der Waals surface area contributed by atoms with E-state index in [0.717, 1.165) is 11.1 Å². The van der Waals surface area contributed by atoms with Gasteiger partial charge in [0.2, 0.25) is 11.8 Å². The Kier molecular flexibility index (Phi) is 6.72. The predicted molar refractivity (Wildman–Crippen MR) is 126 cm³/mol. The molecule has 1 heterocycles. The summed E-state index contributed by atoms with van der Waals surface area (Å²) in [5.74, 6) is -0.610. The van der Waals surface area contributed by atoms with E-state index in [1.807, 2.05) is 19.1 Å². The average molecular weight is 461 g/mol. The van der Waals surface area contributed by atoms with Crippen molar-refractivity contribution in [3.05, 3.63) is 95.3 Å². The lowest BCUT2D eigenvalue weighted by molar-refractivity contribution is -0.138. The second-order valence-electron chi connectivity index (χ2n) is 8.29. The molecule has 1 aliphatic rings. The van der Waals surface area contributed by atoms with Crippen LogP contribution in [0, 0.1) is 5.82 Å². The van der Waals surface area contributed by atoms with Crippen molar-refractivity contribution in [1.29, 1.82) is 0 Å². The molecule has 7 heteroatoms. The van der Waals surface area contributed by atoms with Crippen LogP contribution in [0.1, 0.15) is 47.7 Å². The van der Waals surface area contributed by atoms with Crippen molar-refractivity contribution in [1.82, 2.24) is 5.32 Å². The maximum absolute atomic E-state index is 13.0. The largest absolute Gasteiger partial charge is 0.489 e. The number of carbonyl (C=O) groups excluding carboxylic acids is 3. The van der Waals surface area contributed by atoms with Gasteiger partial charge in [0.1, 0.15) is 18.2 Å². The first-order valence-corrected chi connectivity index (χ1v) is 11.1. The lowest BCUT2D eigenvalue weighted by Gasteiger charge is -2.35. The van der Waals surface area contributed by atoms with Gasteiger partial charge in [0.05, 0.1) is 5.41 Å². The minimum Gasteiger partial charge on any atom is -0.489 e. The number of piperidine rings is 1. The van der Waals surface area contributed by atoms with Gasteiger partial charge >= 0.3 is 0 Å². The molecule has 6 nitrogen and oxygen atoms in total. The van der Waals surface area contributed by atoms with Gasteiger partial charge in [-0.1, -0.05) is 37.3 Å². The second-order valence-corrected chi connectivity index (χ2v) is 8.29. The maximum atomic E-state index is 13.0. The van der Waals surface area contributed by atoms with Gasteiger partial charge in [0.25, 0.3) is 5.91 Å². The first kappa shape index (κ1) is 23.2. The molecule has 34 heavy (non-hydrogen) atoms. The molecule has 0 aromatic heterocycles. The maximum Gasteiger partial charge on any atom is 0.255 e. The van der Waals surface area contributed by atoms with Crippen LogP contribution in [0.2, 0.25) is 0 Å². The summed E-state index contributed by atoms with van der Waals surface area (Å²) < 4.78 is 18.8. The lowest BCUT2D eigenvalue weighted by atomic mass is 9.72. The number of ether oxygens (including phenoxy) is 1. The highest BCUT2D eigenvalue weighted by molar-refractivity contribution is 6.05. The molecule has 2 N–H and O–H groups in total. The fourth-order valence-corrected chi connectivity index (χ4v) is 4.12. The molecule has 1 aliphatic heterocycles. The van der Waals surface area contributed by atoms with Crippen LogP contribution in [0.3, 0.4) is 0 Å². The summed E-state index contributed by atoms with van der Waals surface area (Å²) in [5, 5.41) is 5.29. The van der Waals surface area contributed by atoms with Gasteiger partial charge in [0.15, 0.2) is 0 Å². The number of benzene rings is 3. The molecule has 0 radical (unpaired) electrons. The van der Waals surface area contributed by atoms with Crippen LogP contribution in [-0.2, 0) is 21.6 Å². The molecule has 1 saturated heterocycles. The summed E-state index contributed by atoms with van der Waals surface area (Å²) in [5.41, 5.74) is 1.90. The molecule has 4 rings (SSSR count). The van der Waals surface area contributed by atoms with Crippen molar-refractivity contribution in [2.75, 3.05) is 5.32 Å². The fourth-order valence-electron chi connectivity index (χ4n) is 4.12. The van der Waals surface area contributed by atoms with E-state index in [0.29, 0.717) is 36.3 Å². The number of hydrogen-bond donors (Lipinski definition) is 2. The summed E-state index contributed by atoms with van der Waals surface area (Å²) in [7, 11) is 0. The Labute approximate surface area is 197 Å². The third kappa shape index (κ3) is 4.98. The van der Waals surface area contributed by atoms with E-state index in [1.165, 1.54) is 12.1 Å². The number of nitrogens with one attached hydrogen (secondary N) is 2. The van der Waals surface area contributed by atoms with E-state index >= 15 is 0 Å². The topological polar surface area (TPSA) is 84.5 Å². The van der Waals surface area contributed by atoms with Crippen LogP contribution in [-0.4, -0.2) is 17.7 Å². The molecular weight excluding hydrogens is 435 g/mol. The first-order chi connectivity index (χ1) is 16.4. The van der Waals surface area contributed by atoms with Gasteiger partial charge < -0.3 is 10.1 Å². The van der Waals surface area contributed by atoms with Gasteiger partial charge in [-0.05, 0) is 66.4 Å². The fraction of sp³-hybridized carbons (Fsp3) is 0.222. The zero-order valence-corrected chi connectivity index (χ0v) is 18.8. The Morgan fingerprint density at radius 1 is 1.06 bits per heavy atom. The van der Waals surface area contributed by atoms with Crippen molar-refractivity contribution in [2.24, 2.45) is 0 Å². The van der Waals surface area contributed by atoms with Gasteiger partial charge in [-0.2, -0.15) is 0 Å². The van der Waals surface area contributed by atoms with Crippen LogP contribution < -0.4 is 15.4 Å². The minimum atomic E-state index is -0.743. The standard InChI is InChI=1S/C27H25FN2O4/c1-2-27(15-14-24(31)30-26(27)33)20-8-12-22(13-9-20)29-25(32)19-4-3-5-23(16-19)34-17-18-6-10-21(28)11-7-18/h3-13,16H,2,14-15,17H2,1H3,(H,29,32)(H,30,31,33). The SMILES string of the molecule is CCC1(c2ccc(NC(=O)c3cccc(OCc4ccc(F)cc4)c3)cc2)CCC(=O)NC1=O. The Balaban J connectivity index is 1.42. The molecule has 3 aromatic rings. The van der Waals surface area contributed by atoms with E-state index in [-0.39, 0.29) is 30.1 Å². The smallest absolute Gasteiger partial charge is 0.255 e. The molecule has 174 valence electrons. The van der Waals surface area contributed by atoms with Gasteiger partial charge in [-0.3, -0.25) is 19.7 Å². The van der Waals surface area contributed by atoms with Gasteiger partial charge in [-0.25, -0.2) is 4.39 Å². The molecule has 0 spiro atoms. The minimum absolute atomic E-state index is 0.248. The molecule has 0 saturated carbocycles. The molecular formula is C27H25FN2O4. The monoisotopic (exact) mass is 460 g/mol. The van der Waals surface area contributed by atoms with E-state index in [4.69, 9.17) is 4.74 Å². The number of halogens is 1. The Hall–Kier alpha value is -4.00. The molecule has 0 aliphatic carbocycles. The van der Waals surface area contributed by atoms with Gasteiger partial charge in [-0.15, -0.1) is 0 Å². The highest BCUT2D eigenvalue weighted by atomic mass is 19.1. The predicted octanol–water partition coefficient (Wildman–Crippen LogP) is 4.74. The summed E-state index contributed by atoms with van der Waals surface area (Å²) in [6.45, 7) is 2.18. The average Bonchev–Trinajstić information content (AvgIpc) is 2.85. The van der Waals surface area contributed by atoms with Crippen LogP contribution in [0.5, 0.6) is 5.75 Å². The van der Waals surface area contributed by atoms with E-state index in [1.54, 1.807) is 48.5 Å². The molecule has 1 fully saturated rings. The number of carbonyl (C=O) groups is 3. The van der Waals surface area contributed by atoms with Gasteiger partial charge in [0, 0.05) is 17.7 Å². The molecule has 3 amide bonds. The van der Waals surface area contributed by atoms with Crippen molar-refractivity contribution < 1.29 is 23.5 Å². The van der Waals surface area contributed by atoms with Crippen molar-refractivity contribution in [3.8, 4) is 5.75 Å². The molecule has 1 unspecified atom stereocenters. The number of anilines is 1. The molecule has 1 atom stereocenters. The molecule has 0 bridgehead atoms. The number of imide groups is 1. The third-order valence-corrected chi connectivity index (χ3v) is 6.18. The lowest BCUT2D eigenvalue weighted by Crippen LogP contribution is -2.51. The normalized spacial score (nSPS) is 17.7. The third-order valence-electron chi connectivity index (χ3n) is 6.18. The highest BCUT2D eigenvalue weighted by Gasteiger charge is 2.42. The molecule has 3 aromatic carbocycles. The van der Waals surface area contributed by atoms with Crippen LogP contribution in [0.25, 0.3) is 0 Å². The highest BCUT2D eigenvalue weighted by Crippen LogP contribution is 2.36. The Morgan fingerprint density at radius 3 is 2.47 bits per heavy atom.